The molecule has 26 heavy (non-hydrogen) atoms. The molecule has 0 bridgehead atoms. The summed E-state index contributed by atoms with van der Waals surface area (Å²) in [6.07, 6.45) is 0. The van der Waals surface area contributed by atoms with Crippen molar-refractivity contribution in [1.29, 1.82) is 0 Å². The zero-order valence-corrected chi connectivity index (χ0v) is 16.2. The molecule has 2 N–H and O–H groups in total. The lowest BCUT2D eigenvalue weighted by atomic mass is 10.2. The Balaban J connectivity index is 2.29. The molecule has 1 saturated heterocycles. The fourth-order valence-corrected chi connectivity index (χ4v) is 7.76. The van der Waals surface area contributed by atoms with Crippen LogP contribution in [-0.2, 0) is 24.4 Å². The quantitative estimate of drug-likeness (QED) is 0.710. The number of nitrogens with one attached hydrogen (secondary N) is 2. The van der Waals surface area contributed by atoms with Crippen molar-refractivity contribution in [2.24, 2.45) is 0 Å². The van der Waals surface area contributed by atoms with Crippen LogP contribution >= 0.6 is 11.6 Å². The van der Waals surface area contributed by atoms with E-state index in [0.29, 0.717) is 5.52 Å². The second kappa shape index (κ2) is 6.84. The van der Waals surface area contributed by atoms with E-state index in [-0.39, 0.29) is 41.6 Å². The van der Waals surface area contributed by atoms with Crippen LogP contribution in [0.25, 0.3) is 10.9 Å². The topological polar surface area (TPSA) is 122 Å². The zero-order valence-electron chi connectivity index (χ0n) is 13.8. The highest BCUT2D eigenvalue weighted by Gasteiger charge is 2.43. The van der Waals surface area contributed by atoms with Crippen LogP contribution in [-0.4, -0.2) is 57.8 Å². The average Bonchev–Trinajstić information content (AvgIpc) is 2.93. The normalized spacial score (nSPS) is 20.2. The van der Waals surface area contributed by atoms with Crippen molar-refractivity contribution >= 4 is 48.1 Å². The smallest absolute Gasteiger partial charge is 0.356 e. The minimum atomic E-state index is -4.40. The molecule has 0 spiro atoms. The predicted octanol–water partition coefficient (Wildman–Crippen LogP) is 1.12. The molecule has 1 aromatic heterocycles. The molecule has 1 aromatic carbocycles. The fourth-order valence-electron chi connectivity index (χ4n) is 2.91. The first-order valence-corrected chi connectivity index (χ1v) is 11.5. The monoisotopic (exact) mass is 420 g/mol. The van der Waals surface area contributed by atoms with Crippen LogP contribution in [0.2, 0.25) is 5.02 Å². The van der Waals surface area contributed by atoms with E-state index in [9.17, 15) is 21.6 Å². The molecule has 142 valence electrons. The standard InChI is InChI=1S/C15H17ClN2O6S2/c1-2-24-15(19)13-14(10-7-9(16)3-4-11(10)18-13)26(22,23)12-8-17-5-6-25(12,20)21/h3-4,7,12,17-18H,2,5-6,8H2,1H3. The Bertz CT molecular complexity index is 1070. The van der Waals surface area contributed by atoms with E-state index in [1.54, 1.807) is 6.92 Å². The van der Waals surface area contributed by atoms with Gasteiger partial charge in [0.2, 0.25) is 0 Å². The van der Waals surface area contributed by atoms with Crippen molar-refractivity contribution in [1.82, 2.24) is 10.3 Å². The molecule has 2 heterocycles. The van der Waals surface area contributed by atoms with Gasteiger partial charge in [-0.05, 0) is 25.1 Å². The summed E-state index contributed by atoms with van der Waals surface area (Å²) in [6.45, 7) is 1.55. The van der Waals surface area contributed by atoms with Gasteiger partial charge in [0.1, 0.15) is 10.6 Å². The third-order valence-corrected chi connectivity index (χ3v) is 9.57. The van der Waals surface area contributed by atoms with Crippen LogP contribution in [0.3, 0.4) is 0 Å². The Morgan fingerprint density at radius 3 is 2.77 bits per heavy atom. The van der Waals surface area contributed by atoms with Gasteiger partial charge in [0, 0.05) is 29.0 Å². The number of esters is 1. The third-order valence-electron chi connectivity index (χ3n) is 4.10. The van der Waals surface area contributed by atoms with Gasteiger partial charge in [0.05, 0.1) is 12.4 Å². The molecule has 1 atom stereocenters. The molecule has 0 aliphatic carbocycles. The van der Waals surface area contributed by atoms with Crippen molar-refractivity contribution in [2.75, 3.05) is 25.4 Å². The molecule has 2 aromatic rings. The van der Waals surface area contributed by atoms with Crippen molar-refractivity contribution in [3.05, 3.63) is 28.9 Å². The first-order chi connectivity index (χ1) is 12.2. The van der Waals surface area contributed by atoms with Gasteiger partial charge >= 0.3 is 5.97 Å². The maximum atomic E-state index is 13.2. The first-order valence-electron chi connectivity index (χ1n) is 7.83. The number of aromatic amines is 1. The Labute approximate surface area is 155 Å². The summed E-state index contributed by atoms with van der Waals surface area (Å²) in [5.74, 6) is -1.17. The van der Waals surface area contributed by atoms with E-state index < -0.39 is 35.1 Å². The van der Waals surface area contributed by atoms with Crippen molar-refractivity contribution < 1.29 is 26.4 Å². The molecular weight excluding hydrogens is 404 g/mol. The number of ether oxygens (including phenoxy) is 1. The molecule has 8 nitrogen and oxygen atoms in total. The van der Waals surface area contributed by atoms with Gasteiger partial charge in [-0.15, -0.1) is 0 Å². The lowest BCUT2D eigenvalue weighted by Crippen LogP contribution is -2.48. The lowest BCUT2D eigenvalue weighted by molar-refractivity contribution is 0.0516. The Morgan fingerprint density at radius 2 is 2.12 bits per heavy atom. The zero-order chi connectivity index (χ0) is 19.1. The summed E-state index contributed by atoms with van der Waals surface area (Å²) in [7, 11) is -8.30. The average molecular weight is 421 g/mol. The molecule has 0 saturated carbocycles. The highest BCUT2D eigenvalue weighted by Crippen LogP contribution is 2.34. The summed E-state index contributed by atoms with van der Waals surface area (Å²) >= 11 is 5.98. The number of hydrogen-bond donors (Lipinski definition) is 2. The van der Waals surface area contributed by atoms with Gasteiger partial charge in [-0.3, -0.25) is 0 Å². The van der Waals surface area contributed by atoms with Gasteiger partial charge in [-0.2, -0.15) is 0 Å². The van der Waals surface area contributed by atoms with E-state index in [1.807, 2.05) is 0 Å². The lowest BCUT2D eigenvalue weighted by Gasteiger charge is -2.23. The number of hydrogen-bond acceptors (Lipinski definition) is 7. The summed E-state index contributed by atoms with van der Waals surface area (Å²) in [4.78, 5) is 14.6. The summed E-state index contributed by atoms with van der Waals surface area (Å²) in [5.41, 5.74) is 0.0436. The summed E-state index contributed by atoms with van der Waals surface area (Å²) < 4.78 is 54.4. The second-order valence-corrected chi connectivity index (χ2v) is 10.9. The van der Waals surface area contributed by atoms with Gasteiger partial charge in [0.15, 0.2) is 24.3 Å². The van der Waals surface area contributed by atoms with Crippen LogP contribution in [0.5, 0.6) is 0 Å². The van der Waals surface area contributed by atoms with Crippen molar-refractivity contribution in [2.45, 2.75) is 16.4 Å². The highest BCUT2D eigenvalue weighted by molar-refractivity contribution is 8.09. The van der Waals surface area contributed by atoms with Gasteiger partial charge in [0.25, 0.3) is 0 Å². The highest BCUT2D eigenvalue weighted by atomic mass is 35.5. The number of carbonyl (C=O) groups excluding carboxylic acids is 1. The fraction of sp³-hybridized carbons (Fsp3) is 0.400. The number of H-pyrrole nitrogens is 1. The van der Waals surface area contributed by atoms with Gasteiger partial charge in [-0.1, -0.05) is 11.6 Å². The molecule has 1 aliphatic rings. The molecule has 1 aliphatic heterocycles. The largest absolute Gasteiger partial charge is 0.461 e. The molecule has 3 rings (SSSR count). The number of carbonyl (C=O) groups is 1. The van der Waals surface area contributed by atoms with Crippen molar-refractivity contribution in [3.63, 3.8) is 0 Å². The SMILES string of the molecule is CCOC(=O)c1[nH]c2ccc(Cl)cc2c1S(=O)(=O)C1CNCCS1(=O)=O. The van der Waals surface area contributed by atoms with Crippen LogP contribution in [0.1, 0.15) is 17.4 Å². The van der Waals surface area contributed by atoms with Gasteiger partial charge < -0.3 is 15.0 Å². The molecule has 1 unspecified atom stereocenters. The van der Waals surface area contributed by atoms with E-state index in [0.717, 1.165) is 0 Å². The molecule has 0 amide bonds. The Hall–Kier alpha value is -1.62. The molecule has 1 fully saturated rings. The number of halogens is 1. The Kier molecular flexibility index (Phi) is 5.04. The maximum Gasteiger partial charge on any atom is 0.356 e. The van der Waals surface area contributed by atoms with E-state index in [2.05, 4.69) is 10.3 Å². The Morgan fingerprint density at radius 1 is 1.38 bits per heavy atom. The van der Waals surface area contributed by atoms with E-state index in [1.165, 1.54) is 18.2 Å². The second-order valence-electron chi connectivity index (χ2n) is 5.79. The third kappa shape index (κ3) is 3.22. The first kappa shape index (κ1) is 19.2. The maximum absolute atomic E-state index is 13.2. The molecule has 11 heteroatoms. The van der Waals surface area contributed by atoms with Crippen LogP contribution in [0.15, 0.2) is 23.1 Å². The minimum absolute atomic E-state index is 0.0394. The molecular formula is C15H17ClN2O6S2. The summed E-state index contributed by atoms with van der Waals surface area (Å²) in [5, 5.41) is 3.19. The van der Waals surface area contributed by atoms with Gasteiger partial charge in [-0.25, -0.2) is 21.6 Å². The van der Waals surface area contributed by atoms with Crippen LogP contribution in [0, 0.1) is 0 Å². The molecule has 0 radical (unpaired) electrons. The van der Waals surface area contributed by atoms with Crippen LogP contribution < -0.4 is 5.32 Å². The predicted molar refractivity (Wildman–Crippen MR) is 96.9 cm³/mol. The number of aromatic nitrogens is 1. The number of rotatable bonds is 4. The number of sulfone groups is 2. The van der Waals surface area contributed by atoms with E-state index in [4.69, 9.17) is 16.3 Å². The van der Waals surface area contributed by atoms with E-state index >= 15 is 0 Å². The minimum Gasteiger partial charge on any atom is -0.461 e. The number of fused-ring (bicyclic) bond motifs is 1. The van der Waals surface area contributed by atoms with Crippen molar-refractivity contribution in [3.8, 4) is 0 Å². The van der Waals surface area contributed by atoms with Crippen LogP contribution in [0.4, 0.5) is 0 Å². The summed E-state index contributed by atoms with van der Waals surface area (Å²) in [6, 6.07) is 4.43. The number of benzene rings is 1.